The number of methoxy groups -OCH3 is 1. The maximum absolute atomic E-state index is 12.6. The van der Waals surface area contributed by atoms with Crippen LogP contribution in [-0.4, -0.2) is 48.9 Å². The third-order valence-electron chi connectivity index (χ3n) is 6.45. The number of benzene rings is 2. The number of rotatable bonds is 13. The van der Waals surface area contributed by atoms with E-state index in [-0.39, 0.29) is 19.1 Å². The van der Waals surface area contributed by atoms with Crippen LogP contribution in [0.1, 0.15) is 39.2 Å². The monoisotopic (exact) mass is 567 g/mol. The van der Waals surface area contributed by atoms with Crippen molar-refractivity contribution >= 4 is 29.5 Å². The van der Waals surface area contributed by atoms with E-state index >= 15 is 0 Å². The fourth-order valence-corrected chi connectivity index (χ4v) is 3.73. The number of amides is 3. The molecule has 0 radical (unpaired) electrons. The number of ether oxygens (including phenoxy) is 3. The average Bonchev–Trinajstić information content (AvgIpc) is 3.52. The third-order valence-corrected chi connectivity index (χ3v) is 6.45. The average molecular weight is 568 g/mol. The Kier molecular flexibility index (Phi) is 11.5. The quantitative estimate of drug-likeness (QED) is 0.210. The zero-order valence-electron chi connectivity index (χ0n) is 23.6. The van der Waals surface area contributed by atoms with Gasteiger partial charge in [0.15, 0.2) is 12.2 Å². The Hall–Kier alpha value is -4.58. The Morgan fingerprint density at radius 1 is 1.05 bits per heavy atom. The highest BCUT2D eigenvalue weighted by Gasteiger charge is 2.23. The van der Waals surface area contributed by atoms with E-state index in [9.17, 15) is 14.4 Å². The minimum atomic E-state index is -0.720. The lowest BCUT2D eigenvalue weighted by molar-refractivity contribution is -0.149. The molecule has 0 spiro atoms. The summed E-state index contributed by atoms with van der Waals surface area (Å²) in [4.78, 5) is 41.0. The minimum Gasteiger partial charge on any atom is -0.496 e. The molecule has 0 aliphatic heterocycles. The van der Waals surface area contributed by atoms with Gasteiger partial charge in [-0.3, -0.25) is 4.79 Å². The molecule has 41 heavy (non-hydrogen) atoms. The molecule has 2 aromatic carbocycles. The Bertz CT molecular complexity index is 1300. The van der Waals surface area contributed by atoms with Gasteiger partial charge in [-0.15, -0.1) is 0 Å². The molecule has 1 heterocycles. The summed E-state index contributed by atoms with van der Waals surface area (Å²) in [5.74, 6) is 0.530. The molecule has 3 rings (SSSR count). The number of nitrogens with zero attached hydrogens (tertiary/aromatic N) is 1. The van der Waals surface area contributed by atoms with E-state index in [2.05, 4.69) is 20.9 Å². The Morgan fingerprint density at radius 3 is 2.46 bits per heavy atom. The number of oxazole rings is 1. The van der Waals surface area contributed by atoms with Crippen molar-refractivity contribution in [2.75, 3.05) is 24.4 Å². The molecule has 0 saturated heterocycles. The summed E-state index contributed by atoms with van der Waals surface area (Å²) in [6, 6.07) is 11.0. The second kappa shape index (κ2) is 15.3. The van der Waals surface area contributed by atoms with Gasteiger partial charge in [0, 0.05) is 24.0 Å². The largest absolute Gasteiger partial charge is 0.496 e. The normalized spacial score (nSPS) is 12.9. The number of urea groups is 1. The number of aromatic nitrogens is 1. The van der Waals surface area contributed by atoms with Crippen molar-refractivity contribution in [3.05, 3.63) is 60.6 Å². The first-order chi connectivity index (χ1) is 19.7. The lowest BCUT2D eigenvalue weighted by Crippen LogP contribution is -2.40. The summed E-state index contributed by atoms with van der Waals surface area (Å²) in [5.41, 5.74) is 8.37. The molecule has 220 valence electrons. The van der Waals surface area contributed by atoms with Gasteiger partial charge < -0.3 is 40.3 Å². The maximum Gasteiger partial charge on any atom is 0.407 e. The maximum atomic E-state index is 12.6. The summed E-state index contributed by atoms with van der Waals surface area (Å²) in [5, 5.41) is 8.20. The summed E-state index contributed by atoms with van der Waals surface area (Å²) in [6.07, 6.45) is 2.85. The van der Waals surface area contributed by atoms with E-state index in [4.69, 9.17) is 24.4 Å². The molecule has 0 saturated carbocycles. The van der Waals surface area contributed by atoms with Crippen molar-refractivity contribution in [2.45, 2.75) is 52.3 Å². The van der Waals surface area contributed by atoms with Crippen LogP contribution in [0.4, 0.5) is 21.0 Å². The molecule has 12 heteroatoms. The molecule has 3 amide bonds. The number of anilines is 2. The van der Waals surface area contributed by atoms with E-state index in [1.54, 1.807) is 48.7 Å². The Labute approximate surface area is 238 Å². The van der Waals surface area contributed by atoms with E-state index in [0.29, 0.717) is 34.9 Å². The fourth-order valence-electron chi connectivity index (χ4n) is 3.73. The highest BCUT2D eigenvalue weighted by atomic mass is 16.6. The summed E-state index contributed by atoms with van der Waals surface area (Å²) in [6.45, 7) is 5.73. The molecule has 0 bridgehead atoms. The second-order valence-corrected chi connectivity index (χ2v) is 9.39. The van der Waals surface area contributed by atoms with Crippen molar-refractivity contribution < 1.29 is 33.0 Å². The molecule has 0 aliphatic carbocycles. The molecule has 3 atom stereocenters. The standard InChI is InChI=1S/C29H37N5O7/c1-5-18(3)26(30)27(35)39-16-22(6-2)41-29(37)32-14-19-8-7-9-20(12-19)33-28(36)34-21-10-11-23(24(13-21)38-4)25-15-31-17-40-25/h7-13,15,17-18,22,26H,5-6,14,16,30H2,1-4H3,(H,32,37)(H2,33,34,36)/t18?,22?,26-/m1/s1. The van der Waals surface area contributed by atoms with Gasteiger partial charge in [0.05, 0.1) is 18.9 Å². The lowest BCUT2D eigenvalue weighted by Gasteiger charge is -2.20. The highest BCUT2D eigenvalue weighted by Crippen LogP contribution is 2.32. The zero-order chi connectivity index (χ0) is 29.8. The van der Waals surface area contributed by atoms with Gasteiger partial charge in [-0.05, 0) is 42.2 Å². The van der Waals surface area contributed by atoms with Gasteiger partial charge in [0.25, 0.3) is 0 Å². The SMILES string of the molecule is CCC(COC(=O)[C@H](N)C(C)CC)OC(=O)NCc1cccc(NC(=O)Nc2ccc(-c3cnco3)c(OC)c2)c1. The van der Waals surface area contributed by atoms with Crippen molar-refractivity contribution in [3.63, 3.8) is 0 Å². The first kappa shape index (κ1) is 31.0. The molecule has 5 N–H and O–H groups in total. The minimum absolute atomic E-state index is 0.0102. The number of hydrogen-bond acceptors (Lipinski definition) is 9. The molecule has 2 unspecified atom stereocenters. The second-order valence-electron chi connectivity index (χ2n) is 9.39. The fraction of sp³-hybridized carbons (Fsp3) is 0.379. The molecular weight excluding hydrogens is 530 g/mol. The van der Waals surface area contributed by atoms with Crippen LogP contribution in [0.25, 0.3) is 11.3 Å². The number of carbonyl (C=O) groups is 3. The van der Waals surface area contributed by atoms with Crippen molar-refractivity contribution in [1.29, 1.82) is 0 Å². The van der Waals surface area contributed by atoms with Gasteiger partial charge in [-0.25, -0.2) is 14.6 Å². The van der Waals surface area contributed by atoms with Gasteiger partial charge in [-0.1, -0.05) is 39.3 Å². The van der Waals surface area contributed by atoms with Gasteiger partial charge >= 0.3 is 18.1 Å². The van der Waals surface area contributed by atoms with Crippen LogP contribution in [0, 0.1) is 5.92 Å². The van der Waals surface area contributed by atoms with Crippen LogP contribution in [0.3, 0.4) is 0 Å². The topological polar surface area (TPSA) is 167 Å². The Morgan fingerprint density at radius 2 is 1.80 bits per heavy atom. The summed E-state index contributed by atoms with van der Waals surface area (Å²) < 4.78 is 21.4. The lowest BCUT2D eigenvalue weighted by atomic mass is 10.0. The van der Waals surface area contributed by atoms with Crippen LogP contribution < -0.4 is 26.4 Å². The molecule has 3 aromatic rings. The Balaban J connectivity index is 1.48. The highest BCUT2D eigenvalue weighted by molar-refractivity contribution is 6.00. The van der Waals surface area contributed by atoms with Crippen LogP contribution in [-0.2, 0) is 20.8 Å². The number of nitrogens with two attached hydrogens (primary N) is 1. The van der Waals surface area contributed by atoms with E-state index in [0.717, 1.165) is 12.0 Å². The predicted octanol–water partition coefficient (Wildman–Crippen LogP) is 4.92. The molecule has 0 aliphatic rings. The van der Waals surface area contributed by atoms with E-state index in [1.807, 2.05) is 20.8 Å². The number of hydrogen-bond donors (Lipinski definition) is 4. The van der Waals surface area contributed by atoms with Crippen LogP contribution in [0.15, 0.2) is 59.5 Å². The first-order valence-electron chi connectivity index (χ1n) is 13.3. The predicted molar refractivity (Wildman–Crippen MR) is 153 cm³/mol. The molecule has 0 fully saturated rings. The third kappa shape index (κ3) is 9.24. The van der Waals surface area contributed by atoms with Crippen LogP contribution in [0.5, 0.6) is 5.75 Å². The van der Waals surface area contributed by atoms with Gasteiger partial charge in [-0.2, -0.15) is 0 Å². The van der Waals surface area contributed by atoms with Crippen LogP contribution >= 0.6 is 0 Å². The smallest absolute Gasteiger partial charge is 0.407 e. The number of nitrogens with one attached hydrogen (secondary N) is 3. The van der Waals surface area contributed by atoms with Gasteiger partial charge in [0.2, 0.25) is 0 Å². The van der Waals surface area contributed by atoms with Gasteiger partial charge in [0.1, 0.15) is 24.5 Å². The molecule has 1 aromatic heterocycles. The molecule has 12 nitrogen and oxygen atoms in total. The zero-order valence-corrected chi connectivity index (χ0v) is 23.6. The summed E-state index contributed by atoms with van der Waals surface area (Å²) in [7, 11) is 1.52. The molecular formula is C29H37N5O7. The van der Waals surface area contributed by atoms with Crippen molar-refractivity contribution in [2.24, 2.45) is 11.7 Å². The van der Waals surface area contributed by atoms with Crippen LogP contribution in [0.2, 0.25) is 0 Å². The first-order valence-corrected chi connectivity index (χ1v) is 13.3. The van der Waals surface area contributed by atoms with E-state index in [1.165, 1.54) is 13.5 Å². The number of esters is 1. The van der Waals surface area contributed by atoms with Crippen molar-refractivity contribution in [1.82, 2.24) is 10.3 Å². The number of carbonyl (C=O) groups excluding carboxylic acids is 3. The van der Waals surface area contributed by atoms with Crippen molar-refractivity contribution in [3.8, 4) is 17.1 Å². The number of alkyl carbamates (subject to hydrolysis) is 1. The summed E-state index contributed by atoms with van der Waals surface area (Å²) >= 11 is 0. The van der Waals surface area contributed by atoms with E-state index < -0.39 is 30.2 Å².